The molecular formula is C96H85BrN2O13. The van der Waals surface area contributed by atoms with Crippen molar-refractivity contribution in [2.75, 3.05) is 19.8 Å². The van der Waals surface area contributed by atoms with Gasteiger partial charge in [0.1, 0.15) is 61.0 Å². The molecule has 16 heteroatoms. The zero-order valence-electron chi connectivity index (χ0n) is 63.0. The van der Waals surface area contributed by atoms with Gasteiger partial charge in [0.05, 0.1) is 39.2 Å². The van der Waals surface area contributed by atoms with E-state index in [0.29, 0.717) is 63.0 Å². The Morgan fingerprint density at radius 2 is 0.688 bits per heavy atom. The average Bonchev–Trinajstić information content (AvgIpc) is 0.847. The number of phenolic OH excluding ortho intramolecular Hbond substituents is 1. The Hall–Kier alpha value is -13.2. The van der Waals surface area contributed by atoms with Crippen LogP contribution < -0.4 is 18.9 Å². The number of halogens is 1. The molecule has 0 radical (unpaired) electrons. The van der Waals surface area contributed by atoms with Crippen LogP contribution in [0.2, 0.25) is 0 Å². The van der Waals surface area contributed by atoms with Gasteiger partial charge in [0.15, 0.2) is 5.69 Å². The molecule has 0 saturated carbocycles. The molecule has 0 fully saturated rings. The van der Waals surface area contributed by atoms with Gasteiger partial charge in [-0.15, -0.1) is 0 Å². The Kier molecular flexibility index (Phi) is 30.0. The quantitative estimate of drug-likeness (QED) is 0.0145. The summed E-state index contributed by atoms with van der Waals surface area (Å²) in [6, 6.07) is 93.3. The van der Waals surface area contributed by atoms with Crippen molar-refractivity contribution in [3.63, 3.8) is 0 Å². The van der Waals surface area contributed by atoms with E-state index in [4.69, 9.17) is 45.1 Å². The van der Waals surface area contributed by atoms with Crippen LogP contribution in [0.15, 0.2) is 296 Å². The minimum atomic E-state index is -0.829. The van der Waals surface area contributed by atoms with Gasteiger partial charge in [-0.05, 0) is 212 Å². The zero-order chi connectivity index (χ0) is 79.1. The van der Waals surface area contributed by atoms with Crippen LogP contribution in [-0.2, 0) is 79.1 Å². The van der Waals surface area contributed by atoms with Gasteiger partial charge in [-0.25, -0.2) is 9.64 Å². The molecule has 0 heterocycles. The van der Waals surface area contributed by atoms with Crippen molar-refractivity contribution in [1.29, 1.82) is 5.41 Å². The molecule has 112 heavy (non-hydrogen) atoms. The third kappa shape index (κ3) is 25.2. The molecule has 0 unspecified atom stereocenters. The van der Waals surface area contributed by atoms with Crippen LogP contribution in [0.25, 0.3) is 58.7 Å². The first kappa shape index (κ1) is 81.3. The zero-order valence-corrected chi connectivity index (χ0v) is 64.5. The molecule has 14 aromatic carbocycles. The summed E-state index contributed by atoms with van der Waals surface area (Å²) in [5.74, 6) is 1.78. The summed E-state index contributed by atoms with van der Waals surface area (Å²) in [5.41, 5.74) is 9.69. The molecule has 0 aliphatic carbocycles. The van der Waals surface area contributed by atoms with E-state index in [2.05, 4.69) is 63.2 Å². The molecular weight excluding hydrogens is 1470 g/mol. The largest absolute Gasteiger partial charge is 0.508 e. The Balaban J connectivity index is 0.000000150. The number of nitrogens with zero attached hydrogens (tertiary/aromatic N) is 1. The van der Waals surface area contributed by atoms with Crippen LogP contribution in [-0.4, -0.2) is 60.1 Å². The fourth-order valence-corrected chi connectivity index (χ4v) is 12.1. The number of benzene rings is 14. The lowest BCUT2D eigenvalue weighted by Crippen LogP contribution is -2.17. The van der Waals surface area contributed by atoms with Crippen molar-refractivity contribution in [2.45, 2.75) is 80.3 Å². The summed E-state index contributed by atoms with van der Waals surface area (Å²) in [6.07, 6.45) is 1.03. The molecule has 15 nitrogen and oxygen atoms in total. The van der Waals surface area contributed by atoms with Crippen LogP contribution in [0.3, 0.4) is 0 Å². The second-order valence-corrected chi connectivity index (χ2v) is 27.0. The standard InChI is InChI=1S/C22H19NO3.C22H21NO2.C21H18O4.C17H13BrO.C14H14O3/c1-3-25-22(24)13-17-4-7-19-14-21(11-8-18(19)12-17)26-15-16-5-9-20(23-2)10-6-16;1-15(24)11-18-5-8-21-13-22(10-9-20(21)12-18)25-14-17-3-6-19(7-4-17)16(2)23;1-2-24-21(23)20(22)18-9-8-17-13-19(11-10-16(17)12-18)25-14-15-6-4-3-5-7-15;18-16-8-6-15-11-17(9-7-14(15)10-16)19-12-13-4-2-1-3-5-13;1-2-17-14(16)8-10-3-4-12-9-13(15)6-5-11(12)7-10/h4-12,14H,3,13,15H2,1H3;3-10,12-13,23H,11,14H2,1-2H3;3-13H,2,14H2,1H3;1-11H,12H2;3-7,9,15H,2,8H2,1H3. The number of nitrogens with one attached hydrogen (secondary N) is 1. The fraction of sp³-hybridized carbons (Fsp3) is 0.156. The number of carbonyl (C=O) groups is 5. The Bertz CT molecular complexity index is 5630. The second kappa shape index (κ2) is 41.4. The maximum Gasteiger partial charge on any atom is 0.379 e. The predicted octanol–water partition coefficient (Wildman–Crippen LogP) is 22.0. The highest BCUT2D eigenvalue weighted by atomic mass is 79.9. The van der Waals surface area contributed by atoms with Gasteiger partial charge in [-0.1, -0.05) is 228 Å². The highest BCUT2D eigenvalue weighted by molar-refractivity contribution is 9.10. The number of carbonyl (C=O) groups excluding carboxylic acids is 5. The van der Waals surface area contributed by atoms with E-state index >= 15 is 0 Å². The van der Waals surface area contributed by atoms with Gasteiger partial charge < -0.3 is 43.7 Å². The van der Waals surface area contributed by atoms with Gasteiger partial charge in [0, 0.05) is 22.2 Å². The average molecular weight is 1550 g/mol. The van der Waals surface area contributed by atoms with Crippen molar-refractivity contribution in [2.24, 2.45) is 0 Å². The maximum atomic E-state index is 12.0. The van der Waals surface area contributed by atoms with E-state index in [1.165, 1.54) is 16.3 Å². The van der Waals surface area contributed by atoms with Crippen molar-refractivity contribution >= 4 is 111 Å². The van der Waals surface area contributed by atoms with Crippen molar-refractivity contribution in [3.8, 4) is 28.7 Å². The first-order valence-electron chi connectivity index (χ1n) is 36.6. The predicted molar refractivity (Wildman–Crippen MR) is 447 cm³/mol. The number of hydrogen-bond donors (Lipinski definition) is 2. The van der Waals surface area contributed by atoms with Crippen LogP contribution in [0.4, 0.5) is 5.69 Å². The first-order valence-corrected chi connectivity index (χ1v) is 37.4. The molecule has 0 aliphatic heterocycles. The molecule has 0 amide bonds. The van der Waals surface area contributed by atoms with Crippen LogP contribution in [0, 0.1) is 12.0 Å². The minimum Gasteiger partial charge on any atom is -0.508 e. The molecule has 14 aromatic rings. The van der Waals surface area contributed by atoms with Crippen LogP contribution in [0.1, 0.15) is 89.5 Å². The lowest BCUT2D eigenvalue weighted by molar-refractivity contribution is -0.143. The lowest BCUT2D eigenvalue weighted by atomic mass is 10.0. The molecule has 0 saturated heterocycles. The number of ether oxygens (including phenoxy) is 7. The molecule has 0 spiro atoms. The van der Waals surface area contributed by atoms with E-state index in [9.17, 15) is 29.1 Å². The molecule has 0 bridgehead atoms. The van der Waals surface area contributed by atoms with E-state index < -0.39 is 11.8 Å². The number of ketones is 2. The monoisotopic (exact) mass is 1550 g/mol. The topological polar surface area (TPSA) is 198 Å². The lowest BCUT2D eigenvalue weighted by Gasteiger charge is -2.09. The van der Waals surface area contributed by atoms with Gasteiger partial charge in [-0.3, -0.25) is 19.2 Å². The maximum absolute atomic E-state index is 12.0. The normalized spacial score (nSPS) is 10.5. The minimum absolute atomic E-state index is 0.170. The van der Waals surface area contributed by atoms with E-state index in [1.807, 2.05) is 206 Å². The van der Waals surface area contributed by atoms with E-state index in [1.54, 1.807) is 77.1 Å². The number of phenols is 1. The number of hydrogen-bond acceptors (Lipinski definition) is 14. The highest BCUT2D eigenvalue weighted by Gasteiger charge is 2.18. The van der Waals surface area contributed by atoms with E-state index in [0.717, 1.165) is 110 Å². The summed E-state index contributed by atoms with van der Waals surface area (Å²) < 4.78 is 39.1. The molecule has 0 aliphatic rings. The highest BCUT2D eigenvalue weighted by Crippen LogP contribution is 2.30. The smallest absolute Gasteiger partial charge is 0.379 e. The number of aromatic hydroxyl groups is 1. The number of fused-ring (bicyclic) bond motifs is 5. The summed E-state index contributed by atoms with van der Waals surface area (Å²) in [5, 5.41) is 27.4. The SMILES string of the molecule is Brc1ccc2cc(OCc3ccccc3)ccc2c1.CC(=N)c1ccc(COc2ccc3cc(CC(C)=O)ccc3c2)cc1.CCOC(=O)C(=O)c1ccc2cc(OCc3ccccc3)ccc2c1.CCOC(=O)Cc1ccc2cc(O)ccc2c1.[C-]#[N+]c1ccc(COc2ccc3cc(CC(=O)OCC)ccc3c2)cc1. The van der Waals surface area contributed by atoms with Crippen molar-refractivity contribution in [1.82, 2.24) is 0 Å². The summed E-state index contributed by atoms with van der Waals surface area (Å²) in [6.45, 7) is 18.6. The second-order valence-electron chi connectivity index (χ2n) is 26.0. The van der Waals surface area contributed by atoms with Gasteiger partial charge >= 0.3 is 17.9 Å². The van der Waals surface area contributed by atoms with Crippen molar-refractivity contribution in [3.05, 3.63) is 357 Å². The molecule has 14 rings (SSSR count). The Morgan fingerprint density at radius 3 is 1.10 bits per heavy atom. The summed E-state index contributed by atoms with van der Waals surface area (Å²) in [7, 11) is 0. The molecule has 0 atom stereocenters. The fourth-order valence-electron chi connectivity index (χ4n) is 11.8. The number of esters is 3. The molecule has 2 N–H and O–H groups in total. The number of rotatable bonds is 24. The van der Waals surface area contributed by atoms with Gasteiger partial charge in [-0.2, -0.15) is 0 Å². The third-order valence-corrected chi connectivity index (χ3v) is 18.0. The van der Waals surface area contributed by atoms with E-state index in [-0.39, 0.29) is 42.9 Å². The van der Waals surface area contributed by atoms with Gasteiger partial charge in [0.25, 0.3) is 5.78 Å². The van der Waals surface area contributed by atoms with Crippen LogP contribution in [0.5, 0.6) is 28.7 Å². The summed E-state index contributed by atoms with van der Waals surface area (Å²) >= 11 is 3.48. The number of Topliss-reactive ketones (excluding diaryl/α,β-unsaturated/α-hetero) is 2. The summed E-state index contributed by atoms with van der Waals surface area (Å²) in [4.78, 5) is 61.1. The molecule has 0 aromatic heterocycles. The third-order valence-electron chi connectivity index (χ3n) is 17.5. The Morgan fingerprint density at radius 1 is 0.357 bits per heavy atom. The van der Waals surface area contributed by atoms with Crippen molar-refractivity contribution < 1.29 is 62.2 Å². The molecule has 564 valence electrons. The first-order chi connectivity index (χ1) is 54.3. The Labute approximate surface area is 660 Å². The van der Waals surface area contributed by atoms with Gasteiger partial charge in [0.2, 0.25) is 0 Å². The van der Waals surface area contributed by atoms with Crippen LogP contribution >= 0.6 is 15.9 Å².